The lowest BCUT2D eigenvalue weighted by Gasteiger charge is -2.32. The zero-order valence-corrected chi connectivity index (χ0v) is 30.1. The zero-order chi connectivity index (χ0) is 33.1. The SMILES string of the molecule is CCC(C)(C)C(C)=CCCC(C)(CC)c1ccc2c(c1)C(=O)c1ccc(C(C)(CC)CCC=C(C)C(C)(C)CC)cc1C2=O. The number of carbonyl (C=O) groups excluding carboxylic acids is 2. The molecule has 44 heavy (non-hydrogen) atoms. The van der Waals surface area contributed by atoms with Crippen LogP contribution in [0.5, 0.6) is 0 Å². The van der Waals surface area contributed by atoms with Gasteiger partial charge in [0.05, 0.1) is 0 Å². The van der Waals surface area contributed by atoms with E-state index in [-0.39, 0.29) is 33.2 Å². The third kappa shape index (κ3) is 7.21. The van der Waals surface area contributed by atoms with Crippen molar-refractivity contribution in [1.82, 2.24) is 0 Å². The molecule has 1 aliphatic rings. The highest BCUT2D eigenvalue weighted by atomic mass is 16.1. The highest BCUT2D eigenvalue weighted by Gasteiger charge is 2.34. The van der Waals surface area contributed by atoms with Crippen LogP contribution in [0.25, 0.3) is 0 Å². The Hall–Kier alpha value is -2.74. The van der Waals surface area contributed by atoms with Crippen LogP contribution in [0.2, 0.25) is 0 Å². The summed E-state index contributed by atoms with van der Waals surface area (Å²) in [6.45, 7) is 27.2. The molecule has 2 heteroatoms. The Morgan fingerprint density at radius 3 is 1.18 bits per heavy atom. The van der Waals surface area contributed by atoms with Gasteiger partial charge in [-0.2, -0.15) is 0 Å². The molecule has 0 radical (unpaired) electrons. The van der Waals surface area contributed by atoms with Gasteiger partial charge >= 0.3 is 0 Å². The van der Waals surface area contributed by atoms with Gasteiger partial charge in [-0.05, 0) is 122 Å². The molecule has 2 atom stereocenters. The molecular formula is C42H60O2. The molecule has 0 saturated heterocycles. The van der Waals surface area contributed by atoms with Crippen molar-refractivity contribution in [1.29, 1.82) is 0 Å². The van der Waals surface area contributed by atoms with E-state index in [1.165, 1.54) is 11.1 Å². The van der Waals surface area contributed by atoms with Crippen LogP contribution in [-0.2, 0) is 10.8 Å². The minimum Gasteiger partial charge on any atom is -0.289 e. The third-order valence-corrected chi connectivity index (χ3v) is 12.2. The number of ketones is 2. The third-order valence-electron chi connectivity index (χ3n) is 12.2. The highest BCUT2D eigenvalue weighted by Crippen LogP contribution is 2.40. The van der Waals surface area contributed by atoms with Crippen molar-refractivity contribution in [2.45, 2.75) is 145 Å². The van der Waals surface area contributed by atoms with E-state index in [4.69, 9.17) is 0 Å². The normalized spacial score (nSPS) is 17.2. The van der Waals surface area contributed by atoms with E-state index in [0.29, 0.717) is 22.3 Å². The lowest BCUT2D eigenvalue weighted by molar-refractivity contribution is 0.0978. The van der Waals surface area contributed by atoms with Gasteiger partial charge in [0.15, 0.2) is 11.6 Å². The molecule has 0 amide bonds. The number of hydrogen-bond acceptors (Lipinski definition) is 2. The van der Waals surface area contributed by atoms with Crippen LogP contribution < -0.4 is 0 Å². The molecule has 0 aliphatic heterocycles. The van der Waals surface area contributed by atoms with Crippen molar-refractivity contribution < 1.29 is 9.59 Å². The largest absolute Gasteiger partial charge is 0.289 e. The monoisotopic (exact) mass is 596 g/mol. The molecule has 2 aromatic carbocycles. The van der Waals surface area contributed by atoms with Gasteiger partial charge < -0.3 is 0 Å². The molecule has 0 aromatic heterocycles. The first-order valence-electron chi connectivity index (χ1n) is 17.2. The second-order valence-corrected chi connectivity index (χ2v) is 15.3. The smallest absolute Gasteiger partial charge is 0.194 e. The molecule has 0 spiro atoms. The summed E-state index contributed by atoms with van der Waals surface area (Å²) in [7, 11) is 0. The van der Waals surface area contributed by atoms with Crippen molar-refractivity contribution in [2.24, 2.45) is 10.8 Å². The zero-order valence-electron chi connectivity index (χ0n) is 30.1. The Labute approximate surface area is 269 Å². The van der Waals surface area contributed by atoms with Crippen molar-refractivity contribution in [3.63, 3.8) is 0 Å². The lowest BCUT2D eigenvalue weighted by Crippen LogP contribution is -2.26. The van der Waals surface area contributed by atoms with E-state index in [1.54, 1.807) is 0 Å². The summed E-state index contributed by atoms with van der Waals surface area (Å²) in [6, 6.07) is 12.1. The summed E-state index contributed by atoms with van der Waals surface area (Å²) in [4.78, 5) is 27.8. The topological polar surface area (TPSA) is 34.1 Å². The van der Waals surface area contributed by atoms with Gasteiger partial charge in [-0.25, -0.2) is 0 Å². The van der Waals surface area contributed by atoms with Crippen LogP contribution in [0.3, 0.4) is 0 Å². The molecule has 0 N–H and O–H groups in total. The van der Waals surface area contributed by atoms with Gasteiger partial charge in [0.25, 0.3) is 0 Å². The summed E-state index contributed by atoms with van der Waals surface area (Å²) in [6.07, 6.45) is 13.0. The Kier molecular flexibility index (Phi) is 11.1. The van der Waals surface area contributed by atoms with E-state index in [9.17, 15) is 9.59 Å². The maximum absolute atomic E-state index is 13.9. The fourth-order valence-electron chi connectivity index (χ4n) is 6.28. The Bertz CT molecular complexity index is 1320. The molecule has 2 unspecified atom stereocenters. The van der Waals surface area contributed by atoms with Crippen molar-refractivity contribution in [3.05, 3.63) is 93.1 Å². The Morgan fingerprint density at radius 2 is 0.886 bits per heavy atom. The second-order valence-electron chi connectivity index (χ2n) is 15.3. The van der Waals surface area contributed by atoms with E-state index in [2.05, 4.69) is 107 Å². The average molecular weight is 597 g/mol. The number of fused-ring (bicyclic) bond motifs is 2. The van der Waals surface area contributed by atoms with Crippen LogP contribution in [0.1, 0.15) is 177 Å². The van der Waals surface area contributed by atoms with Crippen LogP contribution >= 0.6 is 0 Å². The summed E-state index contributed by atoms with van der Waals surface area (Å²) in [5.74, 6) is -0.0547. The van der Waals surface area contributed by atoms with Crippen LogP contribution in [0, 0.1) is 10.8 Å². The van der Waals surface area contributed by atoms with Gasteiger partial charge in [0.2, 0.25) is 0 Å². The number of rotatable bonds is 14. The predicted octanol–water partition coefficient (Wildman–Crippen LogP) is 12.1. The molecule has 0 bridgehead atoms. The summed E-state index contributed by atoms with van der Waals surface area (Å²) in [5.41, 5.74) is 7.65. The van der Waals surface area contributed by atoms with Gasteiger partial charge in [0, 0.05) is 22.3 Å². The average Bonchev–Trinajstić information content (AvgIpc) is 3.02. The van der Waals surface area contributed by atoms with Crippen molar-refractivity contribution >= 4 is 11.6 Å². The fourth-order valence-corrected chi connectivity index (χ4v) is 6.28. The maximum atomic E-state index is 13.9. The van der Waals surface area contributed by atoms with E-state index >= 15 is 0 Å². The number of hydrogen-bond donors (Lipinski definition) is 0. The molecule has 0 fully saturated rings. The first kappa shape index (κ1) is 35.7. The second kappa shape index (κ2) is 13.7. The van der Waals surface area contributed by atoms with Gasteiger partial charge in [-0.15, -0.1) is 0 Å². The predicted molar refractivity (Wildman–Crippen MR) is 189 cm³/mol. The minimum atomic E-state index is -0.0717. The molecular weight excluding hydrogens is 536 g/mol. The van der Waals surface area contributed by atoms with Gasteiger partial charge in [0.1, 0.15) is 0 Å². The van der Waals surface area contributed by atoms with Crippen LogP contribution in [0.15, 0.2) is 59.7 Å². The first-order chi connectivity index (χ1) is 20.5. The summed E-state index contributed by atoms with van der Waals surface area (Å²) >= 11 is 0. The molecule has 1 aliphatic carbocycles. The number of carbonyl (C=O) groups is 2. The molecule has 240 valence electrons. The van der Waals surface area contributed by atoms with Crippen molar-refractivity contribution in [3.8, 4) is 0 Å². The Balaban J connectivity index is 1.89. The number of allylic oxidation sites excluding steroid dienone is 4. The fraction of sp³-hybridized carbons (Fsp3) is 0.571. The molecule has 0 saturated carbocycles. The molecule has 3 rings (SSSR count). The number of benzene rings is 2. The van der Waals surface area contributed by atoms with Gasteiger partial charge in [-0.1, -0.05) is 105 Å². The van der Waals surface area contributed by atoms with Crippen LogP contribution in [-0.4, -0.2) is 11.6 Å². The van der Waals surface area contributed by atoms with Gasteiger partial charge in [-0.3, -0.25) is 9.59 Å². The summed E-state index contributed by atoms with van der Waals surface area (Å²) < 4.78 is 0. The minimum absolute atomic E-state index is 0.0274. The van der Waals surface area contributed by atoms with E-state index < -0.39 is 0 Å². The lowest BCUT2D eigenvalue weighted by atomic mass is 9.72. The first-order valence-corrected chi connectivity index (χ1v) is 17.2. The highest BCUT2D eigenvalue weighted by molar-refractivity contribution is 6.28. The summed E-state index contributed by atoms with van der Waals surface area (Å²) in [5, 5.41) is 0. The van der Waals surface area contributed by atoms with Crippen molar-refractivity contribution in [2.75, 3.05) is 0 Å². The Morgan fingerprint density at radius 1 is 0.545 bits per heavy atom. The molecule has 0 heterocycles. The van der Waals surface area contributed by atoms with E-state index in [0.717, 1.165) is 62.5 Å². The standard InChI is InChI=1S/C42H60O2/c1-13-39(7,8)29(5)19-17-25-41(11,15-3)31-21-23-33-35(27-31)37(43)34-24-22-32(28-36(34)38(33)44)42(12,16-4)26-18-20-30(6)40(9,10)14-2/h19-24,27-28H,13-18,25-26H2,1-12H3. The molecule has 2 nitrogen and oxygen atoms in total. The van der Waals surface area contributed by atoms with Crippen LogP contribution in [0.4, 0.5) is 0 Å². The van der Waals surface area contributed by atoms with E-state index in [1.807, 2.05) is 24.3 Å². The molecule has 2 aromatic rings. The maximum Gasteiger partial charge on any atom is 0.194 e. The quantitative estimate of drug-likeness (QED) is 0.173.